The van der Waals surface area contributed by atoms with Gasteiger partial charge in [0.25, 0.3) is 0 Å². The van der Waals surface area contributed by atoms with Crippen LogP contribution >= 0.6 is 27.5 Å². The number of rotatable bonds is 3. The SMILES string of the molecule is CN(/N=C/c1cc(Br)ccc1O)c1c[n+]([O-])c2cc(Cl)ccc2n1. The number of aromatic nitrogens is 2. The highest BCUT2D eigenvalue weighted by Crippen LogP contribution is 2.21. The Hall–Kier alpha value is -2.38. The van der Waals surface area contributed by atoms with Gasteiger partial charge in [0, 0.05) is 28.2 Å². The summed E-state index contributed by atoms with van der Waals surface area (Å²) in [5.74, 6) is 0.473. The van der Waals surface area contributed by atoms with Gasteiger partial charge in [0.15, 0.2) is 0 Å². The van der Waals surface area contributed by atoms with Crippen LogP contribution < -0.4 is 9.74 Å². The number of phenolic OH excluding ortho intramolecular Hbond substituents is 1. The molecule has 3 rings (SSSR count). The predicted molar refractivity (Wildman–Crippen MR) is 97.5 cm³/mol. The van der Waals surface area contributed by atoms with Crippen molar-refractivity contribution >= 4 is 50.6 Å². The van der Waals surface area contributed by atoms with E-state index in [-0.39, 0.29) is 5.75 Å². The Labute approximate surface area is 151 Å². The van der Waals surface area contributed by atoms with Crippen LogP contribution in [-0.4, -0.2) is 23.4 Å². The van der Waals surface area contributed by atoms with E-state index < -0.39 is 0 Å². The molecule has 0 saturated carbocycles. The van der Waals surface area contributed by atoms with Crippen molar-refractivity contribution in [3.05, 3.63) is 62.9 Å². The smallest absolute Gasteiger partial charge is 0.244 e. The molecule has 8 heteroatoms. The zero-order valence-electron chi connectivity index (χ0n) is 12.5. The summed E-state index contributed by atoms with van der Waals surface area (Å²) in [7, 11) is 1.66. The van der Waals surface area contributed by atoms with Crippen molar-refractivity contribution in [2.24, 2.45) is 5.10 Å². The van der Waals surface area contributed by atoms with Crippen LogP contribution in [0.15, 0.2) is 52.2 Å². The Morgan fingerprint density at radius 1 is 1.33 bits per heavy atom. The van der Waals surface area contributed by atoms with Crippen LogP contribution in [0, 0.1) is 5.21 Å². The van der Waals surface area contributed by atoms with Crippen molar-refractivity contribution in [1.82, 2.24) is 4.98 Å². The number of hydrogen-bond donors (Lipinski definition) is 1. The summed E-state index contributed by atoms with van der Waals surface area (Å²) >= 11 is 9.23. The molecule has 0 amide bonds. The first kappa shape index (κ1) is 16.5. The molecule has 0 aliphatic carbocycles. The van der Waals surface area contributed by atoms with Gasteiger partial charge in [-0.15, -0.1) is 0 Å². The molecule has 0 aliphatic heterocycles. The molecular formula is C16H12BrClN4O2. The lowest BCUT2D eigenvalue weighted by Crippen LogP contribution is -2.29. The van der Waals surface area contributed by atoms with Crippen LogP contribution in [0.25, 0.3) is 11.0 Å². The van der Waals surface area contributed by atoms with Crippen LogP contribution in [0.4, 0.5) is 5.82 Å². The van der Waals surface area contributed by atoms with Gasteiger partial charge >= 0.3 is 0 Å². The lowest BCUT2D eigenvalue weighted by Gasteiger charge is -2.12. The summed E-state index contributed by atoms with van der Waals surface area (Å²) in [6.07, 6.45) is 2.81. The Morgan fingerprint density at radius 3 is 2.92 bits per heavy atom. The molecule has 0 spiro atoms. The quantitative estimate of drug-likeness (QED) is 0.312. The van der Waals surface area contributed by atoms with E-state index in [0.29, 0.717) is 32.2 Å². The second-order valence-corrected chi connectivity index (χ2v) is 6.38. The van der Waals surface area contributed by atoms with Crippen molar-refractivity contribution < 1.29 is 9.84 Å². The Kier molecular flexibility index (Phi) is 4.55. The number of hydrogen-bond acceptors (Lipinski definition) is 5. The third-order valence-electron chi connectivity index (χ3n) is 3.33. The molecular weight excluding hydrogens is 396 g/mol. The minimum Gasteiger partial charge on any atom is -0.618 e. The maximum atomic E-state index is 12.1. The first-order chi connectivity index (χ1) is 11.4. The van der Waals surface area contributed by atoms with Gasteiger partial charge in [0.1, 0.15) is 11.3 Å². The predicted octanol–water partition coefficient (Wildman–Crippen LogP) is 3.46. The standard InChI is InChI=1S/C16H12BrClN4O2/c1-21(19-8-10-6-11(17)2-5-15(10)23)16-9-22(24)14-7-12(18)3-4-13(14)20-16/h2-9,23H,1H3/b19-8+. The maximum absolute atomic E-state index is 12.1. The highest BCUT2D eigenvalue weighted by atomic mass is 79.9. The van der Waals surface area contributed by atoms with Crippen molar-refractivity contribution in [2.45, 2.75) is 0 Å². The third-order valence-corrected chi connectivity index (χ3v) is 4.06. The van der Waals surface area contributed by atoms with Gasteiger partial charge in [-0.2, -0.15) is 9.83 Å². The Balaban J connectivity index is 1.93. The average Bonchev–Trinajstić information content (AvgIpc) is 2.56. The van der Waals surface area contributed by atoms with Crippen LogP contribution in [0.2, 0.25) is 5.02 Å². The summed E-state index contributed by atoms with van der Waals surface area (Å²) in [6, 6.07) is 9.93. The van der Waals surface area contributed by atoms with Crippen LogP contribution in [0.1, 0.15) is 5.56 Å². The number of benzene rings is 2. The monoisotopic (exact) mass is 406 g/mol. The summed E-state index contributed by atoms with van der Waals surface area (Å²) < 4.78 is 1.52. The summed E-state index contributed by atoms with van der Waals surface area (Å²) in [5.41, 5.74) is 1.44. The topological polar surface area (TPSA) is 75.7 Å². The normalized spacial score (nSPS) is 11.3. The fourth-order valence-electron chi connectivity index (χ4n) is 2.09. The van der Waals surface area contributed by atoms with Gasteiger partial charge in [-0.3, -0.25) is 0 Å². The summed E-state index contributed by atoms with van der Waals surface area (Å²) in [6.45, 7) is 0. The largest absolute Gasteiger partial charge is 0.618 e. The van der Waals surface area contributed by atoms with E-state index in [1.165, 1.54) is 17.4 Å². The molecule has 1 heterocycles. The van der Waals surface area contributed by atoms with Crippen molar-refractivity contribution in [2.75, 3.05) is 12.1 Å². The van der Waals surface area contributed by atoms with E-state index in [2.05, 4.69) is 26.0 Å². The van der Waals surface area contributed by atoms with Gasteiger partial charge < -0.3 is 10.3 Å². The molecule has 122 valence electrons. The second kappa shape index (κ2) is 6.62. The first-order valence-corrected chi connectivity index (χ1v) is 8.07. The second-order valence-electron chi connectivity index (χ2n) is 5.03. The highest BCUT2D eigenvalue weighted by Gasteiger charge is 2.12. The zero-order chi connectivity index (χ0) is 17.3. The van der Waals surface area contributed by atoms with E-state index >= 15 is 0 Å². The fourth-order valence-corrected chi connectivity index (χ4v) is 2.63. The molecule has 24 heavy (non-hydrogen) atoms. The molecule has 0 unspecified atom stereocenters. The Morgan fingerprint density at radius 2 is 2.12 bits per heavy atom. The molecule has 1 N–H and O–H groups in total. The number of nitrogens with zero attached hydrogens (tertiary/aromatic N) is 4. The van der Waals surface area contributed by atoms with Gasteiger partial charge in [-0.05, 0) is 30.3 Å². The molecule has 2 aromatic carbocycles. The van der Waals surface area contributed by atoms with Gasteiger partial charge in [0.05, 0.1) is 6.21 Å². The maximum Gasteiger partial charge on any atom is 0.244 e. The third kappa shape index (κ3) is 3.42. The van der Waals surface area contributed by atoms with Gasteiger partial charge in [-0.25, -0.2) is 9.99 Å². The summed E-state index contributed by atoms with van der Waals surface area (Å²) in [4.78, 5) is 4.39. The number of anilines is 1. The van der Waals surface area contributed by atoms with E-state index in [9.17, 15) is 10.3 Å². The molecule has 6 nitrogen and oxygen atoms in total. The van der Waals surface area contributed by atoms with E-state index in [1.54, 1.807) is 43.4 Å². The molecule has 0 bridgehead atoms. The number of fused-ring (bicyclic) bond motifs is 1. The number of aromatic hydroxyl groups is 1. The van der Waals surface area contributed by atoms with Crippen molar-refractivity contribution in [3.8, 4) is 5.75 Å². The fraction of sp³-hybridized carbons (Fsp3) is 0.0625. The summed E-state index contributed by atoms with van der Waals surface area (Å²) in [5, 5.41) is 28.1. The minimum absolute atomic E-state index is 0.107. The van der Waals surface area contributed by atoms with Gasteiger partial charge in [-0.1, -0.05) is 27.5 Å². The van der Waals surface area contributed by atoms with E-state index in [0.717, 1.165) is 4.47 Å². The first-order valence-electron chi connectivity index (χ1n) is 6.90. The van der Waals surface area contributed by atoms with E-state index in [4.69, 9.17) is 11.6 Å². The zero-order valence-corrected chi connectivity index (χ0v) is 14.9. The van der Waals surface area contributed by atoms with Gasteiger partial charge in [0.2, 0.25) is 17.5 Å². The number of hydrazone groups is 1. The van der Waals surface area contributed by atoms with Crippen LogP contribution in [-0.2, 0) is 0 Å². The average molecular weight is 408 g/mol. The van der Waals surface area contributed by atoms with Crippen molar-refractivity contribution in [1.29, 1.82) is 0 Å². The molecule has 0 radical (unpaired) electrons. The van der Waals surface area contributed by atoms with Crippen LogP contribution in [0.3, 0.4) is 0 Å². The van der Waals surface area contributed by atoms with Crippen molar-refractivity contribution in [3.63, 3.8) is 0 Å². The lowest BCUT2D eigenvalue weighted by molar-refractivity contribution is -0.576. The molecule has 0 fully saturated rings. The molecule has 0 aliphatic rings. The lowest BCUT2D eigenvalue weighted by atomic mass is 10.2. The Bertz CT molecular complexity index is 949. The number of halogens is 2. The number of phenols is 1. The molecule has 1 aromatic heterocycles. The molecule has 0 saturated heterocycles. The molecule has 0 atom stereocenters. The minimum atomic E-state index is 0.107. The molecule has 3 aromatic rings. The van der Waals surface area contributed by atoms with E-state index in [1.807, 2.05) is 0 Å². The van der Waals surface area contributed by atoms with Crippen LogP contribution in [0.5, 0.6) is 5.75 Å². The highest BCUT2D eigenvalue weighted by molar-refractivity contribution is 9.10.